The molecule has 0 fully saturated rings. The third-order valence-corrected chi connectivity index (χ3v) is 6.46. The van der Waals surface area contributed by atoms with Crippen molar-refractivity contribution in [3.8, 4) is 11.1 Å². The fraction of sp³-hybridized carbons (Fsp3) is 0.161. The summed E-state index contributed by atoms with van der Waals surface area (Å²) in [6.07, 6.45) is 6.88. The van der Waals surface area contributed by atoms with E-state index in [2.05, 4.69) is 123 Å². The molecule has 158 valence electrons. The Morgan fingerprint density at radius 3 is 1.69 bits per heavy atom. The van der Waals surface area contributed by atoms with Gasteiger partial charge in [-0.2, -0.15) is 0 Å². The van der Waals surface area contributed by atoms with Crippen molar-refractivity contribution in [2.24, 2.45) is 0 Å². The maximum absolute atomic E-state index is 2.33. The van der Waals surface area contributed by atoms with Gasteiger partial charge in [0.15, 0.2) is 0 Å². The van der Waals surface area contributed by atoms with Crippen molar-refractivity contribution in [3.05, 3.63) is 119 Å². The highest BCUT2D eigenvalue weighted by atomic mass is 15.1. The molecule has 5 rings (SSSR count). The van der Waals surface area contributed by atoms with Crippen LogP contribution in [-0.2, 0) is 6.42 Å². The summed E-state index contributed by atoms with van der Waals surface area (Å²) in [5.74, 6) is 0. The number of hydrogen-bond donors (Lipinski definition) is 0. The quantitative estimate of drug-likeness (QED) is 0.322. The minimum Gasteiger partial charge on any atom is -0.311 e. The number of allylic oxidation sites excluding steroid dienone is 1. The normalized spacial score (nSPS) is 12.5. The highest BCUT2D eigenvalue weighted by Gasteiger charge is 2.15. The van der Waals surface area contributed by atoms with Crippen LogP contribution in [0.5, 0.6) is 0 Å². The van der Waals surface area contributed by atoms with Gasteiger partial charge in [0.1, 0.15) is 0 Å². The van der Waals surface area contributed by atoms with E-state index in [1.807, 2.05) is 0 Å². The Morgan fingerprint density at radius 2 is 1.12 bits per heavy atom. The van der Waals surface area contributed by atoms with Crippen molar-refractivity contribution in [3.63, 3.8) is 0 Å². The van der Waals surface area contributed by atoms with E-state index in [1.165, 1.54) is 50.3 Å². The lowest BCUT2D eigenvalue weighted by Crippen LogP contribution is -2.09. The zero-order valence-corrected chi connectivity index (χ0v) is 19.1. The second-order valence-corrected chi connectivity index (χ2v) is 8.82. The Morgan fingerprint density at radius 1 is 0.594 bits per heavy atom. The van der Waals surface area contributed by atoms with E-state index in [0.29, 0.717) is 0 Å². The van der Waals surface area contributed by atoms with Crippen LogP contribution < -0.4 is 4.90 Å². The Kier molecular flexibility index (Phi) is 5.41. The third kappa shape index (κ3) is 3.87. The van der Waals surface area contributed by atoms with Crippen molar-refractivity contribution in [2.45, 2.75) is 33.6 Å². The summed E-state index contributed by atoms with van der Waals surface area (Å²) in [6, 6.07) is 31.1. The third-order valence-electron chi connectivity index (χ3n) is 6.46. The second-order valence-electron chi connectivity index (χ2n) is 8.82. The van der Waals surface area contributed by atoms with E-state index in [9.17, 15) is 0 Å². The molecule has 0 amide bonds. The van der Waals surface area contributed by atoms with E-state index in [4.69, 9.17) is 0 Å². The van der Waals surface area contributed by atoms with Gasteiger partial charge in [-0.15, -0.1) is 0 Å². The van der Waals surface area contributed by atoms with Crippen LogP contribution in [0.25, 0.3) is 17.2 Å². The topological polar surface area (TPSA) is 3.24 Å². The summed E-state index contributed by atoms with van der Waals surface area (Å²) >= 11 is 0. The Balaban J connectivity index is 1.57. The van der Waals surface area contributed by atoms with Crippen LogP contribution in [0.15, 0.2) is 91.0 Å². The summed E-state index contributed by atoms with van der Waals surface area (Å²) in [5, 5.41) is 0. The molecule has 4 aromatic carbocycles. The van der Waals surface area contributed by atoms with E-state index in [-0.39, 0.29) is 0 Å². The number of hydrogen-bond acceptors (Lipinski definition) is 1. The first-order valence-corrected chi connectivity index (χ1v) is 11.4. The number of anilines is 3. The van der Waals surface area contributed by atoms with Crippen LogP contribution in [0.1, 0.15) is 34.2 Å². The summed E-state index contributed by atoms with van der Waals surface area (Å²) < 4.78 is 0. The van der Waals surface area contributed by atoms with Gasteiger partial charge in [0.05, 0.1) is 0 Å². The molecule has 0 N–H and O–H groups in total. The fourth-order valence-corrected chi connectivity index (χ4v) is 4.60. The first kappa shape index (κ1) is 20.3. The van der Waals surface area contributed by atoms with Gasteiger partial charge >= 0.3 is 0 Å². The molecule has 1 aliphatic rings. The Bertz CT molecular complexity index is 1210. The number of aryl methyl sites for hydroxylation is 3. The maximum Gasteiger partial charge on any atom is 0.0462 e. The molecule has 0 aromatic heterocycles. The van der Waals surface area contributed by atoms with E-state index < -0.39 is 0 Å². The van der Waals surface area contributed by atoms with Crippen LogP contribution in [-0.4, -0.2) is 0 Å². The molecule has 1 aliphatic carbocycles. The van der Waals surface area contributed by atoms with Crippen LogP contribution >= 0.6 is 0 Å². The zero-order valence-electron chi connectivity index (χ0n) is 19.1. The first-order chi connectivity index (χ1) is 15.6. The lowest BCUT2D eigenvalue weighted by molar-refractivity contribution is 0.972. The van der Waals surface area contributed by atoms with Gasteiger partial charge in [0.2, 0.25) is 0 Å². The molecule has 0 unspecified atom stereocenters. The van der Waals surface area contributed by atoms with Crippen LogP contribution in [0.3, 0.4) is 0 Å². The molecule has 0 aliphatic heterocycles. The number of fused-ring (bicyclic) bond motifs is 1. The van der Waals surface area contributed by atoms with Gasteiger partial charge in [-0.05, 0) is 97.8 Å². The molecule has 0 radical (unpaired) electrons. The van der Waals surface area contributed by atoms with E-state index in [0.717, 1.165) is 18.5 Å². The summed E-state index contributed by atoms with van der Waals surface area (Å²) in [6.45, 7) is 6.49. The molecule has 0 heterocycles. The van der Waals surface area contributed by atoms with Gasteiger partial charge in [-0.1, -0.05) is 71.8 Å². The van der Waals surface area contributed by atoms with Gasteiger partial charge in [-0.3, -0.25) is 0 Å². The van der Waals surface area contributed by atoms with Crippen molar-refractivity contribution < 1.29 is 0 Å². The minimum atomic E-state index is 1.14. The van der Waals surface area contributed by atoms with E-state index in [1.54, 1.807) is 0 Å². The first-order valence-electron chi connectivity index (χ1n) is 11.4. The number of nitrogens with zero attached hydrogens (tertiary/aromatic N) is 1. The molecular formula is C31H29N. The second kappa shape index (κ2) is 8.51. The Labute approximate surface area is 191 Å². The lowest BCUT2D eigenvalue weighted by Gasteiger charge is -2.26. The van der Waals surface area contributed by atoms with Crippen molar-refractivity contribution >= 4 is 23.1 Å². The smallest absolute Gasteiger partial charge is 0.0462 e. The number of rotatable bonds is 4. The molecule has 1 heteroatoms. The SMILES string of the molecule is Cc1ccc(N(c2ccc(C)cc2)c2ccc(-c3ccc(C)c4c3C=CCC4)cc2)cc1. The largest absolute Gasteiger partial charge is 0.311 e. The van der Waals surface area contributed by atoms with Crippen molar-refractivity contribution in [1.82, 2.24) is 0 Å². The van der Waals surface area contributed by atoms with Crippen molar-refractivity contribution in [1.29, 1.82) is 0 Å². The summed E-state index contributed by atoms with van der Waals surface area (Å²) in [7, 11) is 0. The molecule has 1 nitrogen and oxygen atoms in total. The molecule has 0 atom stereocenters. The van der Waals surface area contributed by atoms with Gasteiger partial charge in [0, 0.05) is 17.1 Å². The lowest BCUT2D eigenvalue weighted by atomic mass is 9.87. The molecular weight excluding hydrogens is 386 g/mol. The van der Waals surface area contributed by atoms with Gasteiger partial charge in [0.25, 0.3) is 0 Å². The van der Waals surface area contributed by atoms with Gasteiger partial charge in [-0.25, -0.2) is 0 Å². The summed E-state index contributed by atoms with van der Waals surface area (Å²) in [4.78, 5) is 2.33. The predicted molar refractivity (Wildman–Crippen MR) is 138 cm³/mol. The minimum absolute atomic E-state index is 1.14. The molecule has 32 heavy (non-hydrogen) atoms. The van der Waals surface area contributed by atoms with E-state index >= 15 is 0 Å². The molecule has 4 aromatic rings. The van der Waals surface area contributed by atoms with Gasteiger partial charge < -0.3 is 4.90 Å². The summed E-state index contributed by atoms with van der Waals surface area (Å²) in [5.41, 5.74) is 12.9. The van der Waals surface area contributed by atoms with Crippen LogP contribution in [0.4, 0.5) is 17.1 Å². The zero-order chi connectivity index (χ0) is 22.1. The molecule has 0 spiro atoms. The molecule has 0 bridgehead atoms. The highest BCUT2D eigenvalue weighted by molar-refractivity contribution is 5.82. The fourth-order valence-electron chi connectivity index (χ4n) is 4.60. The van der Waals surface area contributed by atoms with Crippen LogP contribution in [0, 0.1) is 20.8 Å². The molecule has 0 saturated heterocycles. The van der Waals surface area contributed by atoms with Crippen LogP contribution in [0.2, 0.25) is 0 Å². The Hall–Kier alpha value is -3.58. The predicted octanol–water partition coefficient (Wildman–Crippen LogP) is 8.71. The average Bonchev–Trinajstić information content (AvgIpc) is 2.83. The van der Waals surface area contributed by atoms with Crippen molar-refractivity contribution in [2.75, 3.05) is 4.90 Å². The standard InChI is InChI=1S/C31H29N/c1-22-8-15-26(16-9-22)32(27-17-10-23(2)11-18-27)28-19-13-25(14-20-28)30-21-12-24(3)29-6-4-5-7-31(29)30/h5,7-21H,4,6H2,1-3H3. The monoisotopic (exact) mass is 415 g/mol. The maximum atomic E-state index is 2.33. The average molecular weight is 416 g/mol. The highest BCUT2D eigenvalue weighted by Crippen LogP contribution is 2.37. The number of benzene rings is 4. The molecule has 0 saturated carbocycles.